The molecular formula is C13H15N3S. The molecule has 0 bridgehead atoms. The van der Waals surface area contributed by atoms with E-state index in [2.05, 4.69) is 34.4 Å². The zero-order valence-electron chi connectivity index (χ0n) is 10.2. The van der Waals surface area contributed by atoms with Gasteiger partial charge in [-0.1, -0.05) is 13.8 Å². The highest BCUT2D eigenvalue weighted by molar-refractivity contribution is 7.13. The first-order chi connectivity index (χ1) is 8.13. The number of thiophene rings is 1. The Morgan fingerprint density at radius 1 is 1.47 bits per heavy atom. The van der Waals surface area contributed by atoms with Gasteiger partial charge in [0.2, 0.25) is 0 Å². The Kier molecular flexibility index (Phi) is 3.30. The van der Waals surface area contributed by atoms with Gasteiger partial charge in [-0.05, 0) is 29.9 Å². The number of hydrogen-bond donors (Lipinski definition) is 1. The lowest BCUT2D eigenvalue weighted by atomic mass is 9.97. The fourth-order valence-corrected chi connectivity index (χ4v) is 2.68. The summed E-state index contributed by atoms with van der Waals surface area (Å²) in [4.78, 5) is 8.80. The molecule has 0 aliphatic rings. The summed E-state index contributed by atoms with van der Waals surface area (Å²) in [7, 11) is 0. The molecule has 1 N–H and O–H groups in total. The molecule has 0 aromatic carbocycles. The zero-order valence-corrected chi connectivity index (χ0v) is 11.0. The number of aromatic amines is 1. The Labute approximate surface area is 105 Å². The number of rotatable bonds is 3. The summed E-state index contributed by atoms with van der Waals surface area (Å²) >= 11 is 1.69. The molecular weight excluding hydrogens is 230 g/mol. The number of hydrogen-bond acceptors (Lipinski definition) is 3. The predicted molar refractivity (Wildman–Crippen MR) is 69.8 cm³/mol. The van der Waals surface area contributed by atoms with Crippen molar-refractivity contribution >= 4 is 11.3 Å². The number of nitrogens with zero attached hydrogens (tertiary/aromatic N) is 2. The third-order valence-electron chi connectivity index (χ3n) is 2.80. The molecule has 1 unspecified atom stereocenters. The Bertz CT molecular complexity index is 545. The highest BCUT2D eigenvalue weighted by Gasteiger charge is 2.19. The van der Waals surface area contributed by atoms with Crippen LogP contribution in [0, 0.1) is 24.2 Å². The lowest BCUT2D eigenvalue weighted by molar-refractivity contribution is 0.566. The van der Waals surface area contributed by atoms with Crippen molar-refractivity contribution in [2.75, 3.05) is 0 Å². The topological polar surface area (TPSA) is 52.5 Å². The maximum atomic E-state index is 9.14. The molecule has 0 radical (unpaired) electrons. The highest BCUT2D eigenvalue weighted by atomic mass is 32.1. The van der Waals surface area contributed by atoms with E-state index in [-0.39, 0.29) is 11.8 Å². The van der Waals surface area contributed by atoms with Crippen LogP contribution >= 0.6 is 11.3 Å². The molecule has 0 amide bonds. The average molecular weight is 245 g/mol. The van der Waals surface area contributed by atoms with Crippen molar-refractivity contribution < 1.29 is 0 Å². The van der Waals surface area contributed by atoms with Crippen LogP contribution in [0.4, 0.5) is 0 Å². The number of imidazole rings is 1. The summed E-state index contributed by atoms with van der Waals surface area (Å²) in [6.07, 6.45) is 1.82. The van der Waals surface area contributed by atoms with Gasteiger partial charge in [-0.3, -0.25) is 0 Å². The minimum atomic E-state index is -0.163. The molecule has 0 aliphatic heterocycles. The highest BCUT2D eigenvalue weighted by Crippen LogP contribution is 2.29. The van der Waals surface area contributed by atoms with Gasteiger partial charge in [-0.15, -0.1) is 11.3 Å². The van der Waals surface area contributed by atoms with E-state index in [0.717, 1.165) is 11.5 Å². The van der Waals surface area contributed by atoms with Gasteiger partial charge < -0.3 is 4.98 Å². The average Bonchev–Trinajstić information content (AvgIpc) is 2.87. The molecule has 88 valence electrons. The lowest BCUT2D eigenvalue weighted by Crippen LogP contribution is -2.05. The van der Waals surface area contributed by atoms with Crippen molar-refractivity contribution in [1.29, 1.82) is 5.26 Å². The van der Waals surface area contributed by atoms with E-state index in [1.165, 1.54) is 10.4 Å². The van der Waals surface area contributed by atoms with Gasteiger partial charge in [0.25, 0.3) is 0 Å². The van der Waals surface area contributed by atoms with Gasteiger partial charge in [-0.2, -0.15) is 5.26 Å². The van der Waals surface area contributed by atoms with Crippen molar-refractivity contribution in [1.82, 2.24) is 9.97 Å². The molecule has 2 aromatic heterocycles. The van der Waals surface area contributed by atoms with Gasteiger partial charge >= 0.3 is 0 Å². The Morgan fingerprint density at radius 2 is 2.24 bits per heavy atom. The summed E-state index contributed by atoms with van der Waals surface area (Å²) in [5.41, 5.74) is 2.25. The molecule has 0 aliphatic carbocycles. The molecule has 2 heterocycles. The summed E-state index contributed by atoms with van der Waals surface area (Å²) in [5, 5.41) is 11.2. The molecule has 2 rings (SSSR count). The first kappa shape index (κ1) is 11.9. The normalized spacial score (nSPS) is 12.6. The van der Waals surface area contributed by atoms with Gasteiger partial charge in [0, 0.05) is 0 Å². The smallest absolute Gasteiger partial charge is 0.124 e. The summed E-state index contributed by atoms with van der Waals surface area (Å²) in [6.45, 7) is 6.15. The molecule has 0 spiro atoms. The van der Waals surface area contributed by atoms with Crippen molar-refractivity contribution in [3.05, 3.63) is 29.0 Å². The number of nitrogens with one attached hydrogen (secondary N) is 1. The summed E-state index contributed by atoms with van der Waals surface area (Å²) < 4.78 is 0. The van der Waals surface area contributed by atoms with Gasteiger partial charge in [0.05, 0.1) is 22.8 Å². The molecule has 17 heavy (non-hydrogen) atoms. The van der Waals surface area contributed by atoms with E-state index in [1.54, 1.807) is 11.3 Å². The van der Waals surface area contributed by atoms with Crippen LogP contribution in [0.2, 0.25) is 0 Å². The Morgan fingerprint density at radius 3 is 2.76 bits per heavy atom. The fourth-order valence-electron chi connectivity index (χ4n) is 1.78. The molecule has 2 aromatic rings. The van der Waals surface area contributed by atoms with E-state index in [4.69, 9.17) is 5.26 Å². The quantitative estimate of drug-likeness (QED) is 0.896. The monoisotopic (exact) mass is 245 g/mol. The Hall–Kier alpha value is -1.60. The van der Waals surface area contributed by atoms with Crippen molar-refractivity contribution in [2.45, 2.75) is 26.7 Å². The van der Waals surface area contributed by atoms with Crippen LogP contribution in [-0.2, 0) is 0 Å². The van der Waals surface area contributed by atoms with E-state index in [0.29, 0.717) is 0 Å². The number of aromatic nitrogens is 2. The van der Waals surface area contributed by atoms with Gasteiger partial charge in [0.1, 0.15) is 11.7 Å². The van der Waals surface area contributed by atoms with Crippen LogP contribution in [-0.4, -0.2) is 9.97 Å². The maximum absolute atomic E-state index is 9.14. The van der Waals surface area contributed by atoms with Crippen molar-refractivity contribution in [2.24, 2.45) is 5.92 Å². The molecule has 3 nitrogen and oxygen atoms in total. The first-order valence-electron chi connectivity index (χ1n) is 5.62. The summed E-state index contributed by atoms with van der Waals surface area (Å²) in [5.74, 6) is 0.873. The van der Waals surface area contributed by atoms with Crippen LogP contribution in [0.25, 0.3) is 10.6 Å². The van der Waals surface area contributed by atoms with Crippen LogP contribution < -0.4 is 0 Å². The van der Waals surface area contributed by atoms with E-state index in [1.807, 2.05) is 20.0 Å². The SMILES string of the molecule is Cc1ccsc1-c1cnc(C(C#N)C(C)C)[nH]1. The molecule has 1 atom stereocenters. The second kappa shape index (κ2) is 4.72. The first-order valence-corrected chi connectivity index (χ1v) is 6.50. The van der Waals surface area contributed by atoms with Crippen molar-refractivity contribution in [3.8, 4) is 16.6 Å². The number of H-pyrrole nitrogens is 1. The Balaban J connectivity index is 2.34. The van der Waals surface area contributed by atoms with Gasteiger partial charge in [-0.25, -0.2) is 4.98 Å². The molecule has 0 saturated carbocycles. The second-order valence-corrected chi connectivity index (χ2v) is 5.38. The van der Waals surface area contributed by atoms with E-state index < -0.39 is 0 Å². The third kappa shape index (κ3) is 2.25. The summed E-state index contributed by atoms with van der Waals surface area (Å²) in [6, 6.07) is 4.39. The molecule has 4 heteroatoms. The third-order valence-corrected chi connectivity index (χ3v) is 3.85. The molecule has 0 saturated heterocycles. The molecule has 0 fully saturated rings. The van der Waals surface area contributed by atoms with Crippen LogP contribution in [0.1, 0.15) is 31.2 Å². The van der Waals surface area contributed by atoms with Crippen molar-refractivity contribution in [3.63, 3.8) is 0 Å². The number of aryl methyl sites for hydroxylation is 1. The number of nitriles is 1. The largest absolute Gasteiger partial charge is 0.340 e. The second-order valence-electron chi connectivity index (χ2n) is 4.47. The van der Waals surface area contributed by atoms with E-state index >= 15 is 0 Å². The zero-order chi connectivity index (χ0) is 12.4. The predicted octanol–water partition coefficient (Wildman–Crippen LogP) is 3.71. The van der Waals surface area contributed by atoms with Crippen LogP contribution in [0.5, 0.6) is 0 Å². The standard InChI is InChI=1S/C13H15N3S/c1-8(2)10(6-14)13-15-7-11(16-13)12-9(3)4-5-17-12/h4-5,7-8,10H,1-3H3,(H,15,16). The van der Waals surface area contributed by atoms with Gasteiger partial charge in [0.15, 0.2) is 0 Å². The van der Waals surface area contributed by atoms with E-state index in [9.17, 15) is 0 Å². The lowest BCUT2D eigenvalue weighted by Gasteiger charge is -2.09. The van der Waals surface area contributed by atoms with Crippen LogP contribution in [0.15, 0.2) is 17.6 Å². The minimum Gasteiger partial charge on any atom is -0.340 e. The minimum absolute atomic E-state index is 0.163. The fraction of sp³-hybridized carbons (Fsp3) is 0.385. The maximum Gasteiger partial charge on any atom is 0.124 e. The van der Waals surface area contributed by atoms with Crippen LogP contribution in [0.3, 0.4) is 0 Å².